The van der Waals surface area contributed by atoms with Gasteiger partial charge in [0.15, 0.2) is 5.76 Å². The van der Waals surface area contributed by atoms with E-state index in [9.17, 15) is 9.59 Å². The van der Waals surface area contributed by atoms with Gasteiger partial charge in [-0.1, -0.05) is 17.7 Å². The number of hydrogen-bond donors (Lipinski definition) is 0. The van der Waals surface area contributed by atoms with Crippen LogP contribution < -0.4 is 0 Å². The largest absolute Gasteiger partial charge is 0.459 e. The van der Waals surface area contributed by atoms with E-state index in [0.29, 0.717) is 32.0 Å². The van der Waals surface area contributed by atoms with Gasteiger partial charge < -0.3 is 19.0 Å². The summed E-state index contributed by atoms with van der Waals surface area (Å²) in [7, 11) is 0. The summed E-state index contributed by atoms with van der Waals surface area (Å²) in [6.45, 7) is 7.64. The van der Waals surface area contributed by atoms with Crippen LogP contribution in [0.15, 0.2) is 47.1 Å². The van der Waals surface area contributed by atoms with Gasteiger partial charge in [-0.2, -0.15) is 0 Å². The zero-order valence-electron chi connectivity index (χ0n) is 17.5. The third-order valence-corrected chi connectivity index (χ3v) is 5.79. The van der Waals surface area contributed by atoms with E-state index in [1.165, 1.54) is 6.26 Å². The van der Waals surface area contributed by atoms with E-state index in [-0.39, 0.29) is 17.9 Å². The molecule has 2 aromatic rings. The van der Waals surface area contributed by atoms with E-state index in [4.69, 9.17) is 9.15 Å². The quantitative estimate of drug-likeness (QED) is 0.772. The average Bonchev–Trinajstić information content (AvgIpc) is 3.21. The number of rotatable bonds is 4. The van der Waals surface area contributed by atoms with Crippen LogP contribution in [0.3, 0.4) is 0 Å². The molecule has 30 heavy (non-hydrogen) atoms. The van der Waals surface area contributed by atoms with Gasteiger partial charge in [0, 0.05) is 44.8 Å². The van der Waals surface area contributed by atoms with Gasteiger partial charge in [-0.25, -0.2) is 0 Å². The molecule has 2 fully saturated rings. The smallest absolute Gasteiger partial charge is 0.289 e. The van der Waals surface area contributed by atoms with Crippen molar-refractivity contribution in [2.24, 2.45) is 0 Å². The normalized spacial score (nSPS) is 20.8. The monoisotopic (exact) mass is 411 g/mol. The molecule has 2 saturated heterocycles. The second kappa shape index (κ2) is 9.45. The number of ether oxygens (including phenoxy) is 1. The SMILES string of the molecule is Cc1ccc(C(=O)N2CCOC(CN3CCCN(C(=O)c4ccco4)CC3)C2)cc1. The Balaban J connectivity index is 1.30. The molecule has 0 saturated carbocycles. The number of nitrogens with zero attached hydrogens (tertiary/aromatic N) is 3. The van der Waals surface area contributed by atoms with Crippen LogP contribution >= 0.6 is 0 Å². The number of aryl methyl sites for hydroxylation is 1. The first-order valence-corrected chi connectivity index (χ1v) is 10.6. The van der Waals surface area contributed by atoms with Gasteiger partial charge in [-0.3, -0.25) is 14.5 Å². The zero-order valence-corrected chi connectivity index (χ0v) is 17.5. The lowest BCUT2D eigenvalue weighted by molar-refractivity contribution is -0.0353. The van der Waals surface area contributed by atoms with Crippen molar-refractivity contribution in [2.75, 3.05) is 52.4 Å². The van der Waals surface area contributed by atoms with Crippen molar-refractivity contribution in [3.63, 3.8) is 0 Å². The molecule has 0 aliphatic carbocycles. The van der Waals surface area contributed by atoms with Crippen molar-refractivity contribution >= 4 is 11.8 Å². The average molecular weight is 412 g/mol. The Morgan fingerprint density at radius 1 is 0.967 bits per heavy atom. The van der Waals surface area contributed by atoms with Crippen LogP contribution in [0.1, 0.15) is 32.9 Å². The highest BCUT2D eigenvalue weighted by atomic mass is 16.5. The fourth-order valence-corrected chi connectivity index (χ4v) is 4.09. The van der Waals surface area contributed by atoms with E-state index in [1.54, 1.807) is 12.1 Å². The van der Waals surface area contributed by atoms with E-state index >= 15 is 0 Å². The highest BCUT2D eigenvalue weighted by Crippen LogP contribution is 2.15. The summed E-state index contributed by atoms with van der Waals surface area (Å²) in [4.78, 5) is 31.4. The summed E-state index contributed by atoms with van der Waals surface area (Å²) in [5.41, 5.74) is 1.87. The summed E-state index contributed by atoms with van der Waals surface area (Å²) >= 11 is 0. The molecule has 2 amide bonds. The predicted molar refractivity (Wildman–Crippen MR) is 112 cm³/mol. The molecule has 7 heteroatoms. The lowest BCUT2D eigenvalue weighted by Gasteiger charge is -2.35. The molecule has 0 radical (unpaired) electrons. The predicted octanol–water partition coefficient (Wildman–Crippen LogP) is 2.28. The van der Waals surface area contributed by atoms with Crippen molar-refractivity contribution in [1.29, 1.82) is 0 Å². The maximum absolute atomic E-state index is 12.8. The highest BCUT2D eigenvalue weighted by molar-refractivity contribution is 5.94. The van der Waals surface area contributed by atoms with Gasteiger partial charge >= 0.3 is 0 Å². The Morgan fingerprint density at radius 2 is 1.80 bits per heavy atom. The Hall–Kier alpha value is -2.64. The minimum absolute atomic E-state index is 0.0135. The molecule has 4 rings (SSSR count). The van der Waals surface area contributed by atoms with E-state index < -0.39 is 0 Å². The first-order chi connectivity index (χ1) is 14.6. The lowest BCUT2D eigenvalue weighted by Crippen LogP contribution is -2.50. The molecule has 2 aliphatic rings. The Kier molecular flexibility index (Phi) is 6.50. The van der Waals surface area contributed by atoms with Gasteiger partial charge in [-0.05, 0) is 44.2 Å². The number of morpholine rings is 1. The second-order valence-electron chi connectivity index (χ2n) is 8.03. The van der Waals surface area contributed by atoms with Crippen LogP contribution in [0.2, 0.25) is 0 Å². The highest BCUT2D eigenvalue weighted by Gasteiger charge is 2.28. The molecule has 7 nitrogen and oxygen atoms in total. The number of hydrogen-bond acceptors (Lipinski definition) is 5. The summed E-state index contributed by atoms with van der Waals surface area (Å²) in [6.07, 6.45) is 2.42. The van der Waals surface area contributed by atoms with Crippen molar-refractivity contribution in [1.82, 2.24) is 14.7 Å². The van der Waals surface area contributed by atoms with E-state index in [1.807, 2.05) is 41.0 Å². The molecule has 3 heterocycles. The maximum Gasteiger partial charge on any atom is 0.289 e. The molecule has 0 spiro atoms. The number of carbonyl (C=O) groups is 2. The van der Waals surface area contributed by atoms with Crippen LogP contribution in [0.5, 0.6) is 0 Å². The number of amides is 2. The van der Waals surface area contributed by atoms with Crippen LogP contribution in [0.25, 0.3) is 0 Å². The van der Waals surface area contributed by atoms with Gasteiger partial charge in [0.2, 0.25) is 0 Å². The maximum atomic E-state index is 12.8. The first kappa shape index (κ1) is 20.6. The molecule has 0 bridgehead atoms. The van der Waals surface area contributed by atoms with Gasteiger partial charge in [0.1, 0.15) is 0 Å². The number of furan rings is 1. The van der Waals surface area contributed by atoms with Gasteiger partial charge in [0.05, 0.1) is 19.0 Å². The summed E-state index contributed by atoms with van der Waals surface area (Å²) in [5, 5.41) is 0. The standard InChI is InChI=1S/C23H29N3O4/c1-18-5-7-19(8-6-18)22(27)26-13-15-29-20(17-26)16-24-9-3-10-25(12-11-24)23(28)21-4-2-14-30-21/h2,4-8,14,20H,3,9-13,15-17H2,1H3. The van der Waals surface area contributed by atoms with Crippen LogP contribution in [-0.4, -0.2) is 85.0 Å². The van der Waals surface area contributed by atoms with E-state index in [2.05, 4.69) is 4.90 Å². The third kappa shape index (κ3) is 4.91. The van der Waals surface area contributed by atoms with Crippen molar-refractivity contribution in [3.8, 4) is 0 Å². The molecule has 1 atom stereocenters. The van der Waals surface area contributed by atoms with Crippen molar-refractivity contribution < 1.29 is 18.7 Å². The van der Waals surface area contributed by atoms with E-state index in [0.717, 1.165) is 43.7 Å². The van der Waals surface area contributed by atoms with Gasteiger partial charge in [-0.15, -0.1) is 0 Å². The minimum Gasteiger partial charge on any atom is -0.459 e. The van der Waals surface area contributed by atoms with Crippen LogP contribution in [0.4, 0.5) is 0 Å². The second-order valence-corrected chi connectivity index (χ2v) is 8.03. The Bertz CT molecular complexity index is 850. The molecular formula is C23H29N3O4. The fourth-order valence-electron chi connectivity index (χ4n) is 4.09. The molecule has 160 valence electrons. The Morgan fingerprint density at radius 3 is 2.57 bits per heavy atom. The van der Waals surface area contributed by atoms with Crippen LogP contribution in [0, 0.1) is 6.92 Å². The van der Waals surface area contributed by atoms with Crippen molar-refractivity contribution in [3.05, 3.63) is 59.5 Å². The molecule has 2 aliphatic heterocycles. The zero-order chi connectivity index (χ0) is 20.9. The molecule has 1 aromatic heterocycles. The number of benzene rings is 1. The summed E-state index contributed by atoms with van der Waals surface area (Å²) in [6, 6.07) is 11.2. The lowest BCUT2D eigenvalue weighted by atomic mass is 10.1. The van der Waals surface area contributed by atoms with Crippen molar-refractivity contribution in [2.45, 2.75) is 19.4 Å². The summed E-state index contributed by atoms with van der Waals surface area (Å²) < 4.78 is 11.2. The molecule has 1 aromatic carbocycles. The topological polar surface area (TPSA) is 66.2 Å². The molecule has 1 unspecified atom stereocenters. The first-order valence-electron chi connectivity index (χ1n) is 10.6. The van der Waals surface area contributed by atoms with Crippen LogP contribution in [-0.2, 0) is 4.74 Å². The third-order valence-electron chi connectivity index (χ3n) is 5.79. The summed E-state index contributed by atoms with van der Waals surface area (Å²) in [5.74, 6) is 0.407. The molecular weight excluding hydrogens is 382 g/mol. The Labute approximate surface area is 177 Å². The minimum atomic E-state index is -0.0503. The fraction of sp³-hybridized carbons (Fsp3) is 0.478. The van der Waals surface area contributed by atoms with Gasteiger partial charge in [0.25, 0.3) is 11.8 Å². The molecule has 0 N–H and O–H groups in total. The number of carbonyl (C=O) groups excluding carboxylic acids is 2.